The largest absolute Gasteiger partial charge is 0.374 e. The third-order valence-electron chi connectivity index (χ3n) is 4.81. The minimum absolute atomic E-state index is 0.0608. The maximum Gasteiger partial charge on any atom is 0.126 e. The Morgan fingerprint density at radius 2 is 1.30 bits per heavy atom. The minimum Gasteiger partial charge on any atom is -0.374 e. The van der Waals surface area contributed by atoms with E-state index in [2.05, 4.69) is 48.6 Å². The van der Waals surface area contributed by atoms with Crippen molar-refractivity contribution < 1.29 is 14.2 Å². The molecule has 1 unspecified atom stereocenters. The first-order valence-electron chi connectivity index (χ1n) is 10.2. The van der Waals surface area contributed by atoms with Crippen LogP contribution < -0.4 is 0 Å². The number of benzene rings is 3. The normalized spacial score (nSPS) is 20.9. The highest BCUT2D eigenvalue weighted by Crippen LogP contribution is 2.30. The molecule has 0 N–H and O–H groups in total. The third-order valence-corrected chi connectivity index (χ3v) is 5.85. The Balaban J connectivity index is 1.38. The lowest BCUT2D eigenvalue weighted by atomic mass is 10.1. The van der Waals surface area contributed by atoms with Crippen LogP contribution in [0.2, 0.25) is 0 Å². The number of hydrogen-bond acceptors (Lipinski definition) is 4. The van der Waals surface area contributed by atoms with Crippen molar-refractivity contribution in [1.82, 2.24) is 0 Å². The van der Waals surface area contributed by atoms with Gasteiger partial charge >= 0.3 is 0 Å². The molecule has 3 atom stereocenters. The molecule has 0 saturated carbocycles. The van der Waals surface area contributed by atoms with Crippen molar-refractivity contribution in [3.8, 4) is 0 Å². The van der Waals surface area contributed by atoms with Crippen LogP contribution in [0.15, 0.2) is 108 Å². The molecule has 3 nitrogen and oxygen atoms in total. The average molecular weight is 419 g/mol. The van der Waals surface area contributed by atoms with Gasteiger partial charge in [0.05, 0.1) is 19.8 Å². The smallest absolute Gasteiger partial charge is 0.126 e. The van der Waals surface area contributed by atoms with Crippen LogP contribution in [0.1, 0.15) is 11.1 Å². The second-order valence-electron chi connectivity index (χ2n) is 7.12. The Hall–Kier alpha value is -2.37. The van der Waals surface area contributed by atoms with E-state index in [1.807, 2.05) is 54.6 Å². The molecule has 154 valence electrons. The van der Waals surface area contributed by atoms with Crippen molar-refractivity contribution in [1.29, 1.82) is 0 Å². The van der Waals surface area contributed by atoms with Gasteiger partial charge in [-0.3, -0.25) is 0 Å². The molecule has 0 amide bonds. The van der Waals surface area contributed by atoms with Crippen molar-refractivity contribution in [3.05, 3.63) is 114 Å². The van der Waals surface area contributed by atoms with Crippen LogP contribution in [0.25, 0.3) is 0 Å². The van der Waals surface area contributed by atoms with Crippen LogP contribution in [-0.2, 0) is 27.4 Å². The second-order valence-corrected chi connectivity index (χ2v) is 8.29. The summed E-state index contributed by atoms with van der Waals surface area (Å²) in [5.74, 6) is 0. The zero-order chi connectivity index (χ0) is 20.4. The molecule has 4 rings (SSSR count). The highest BCUT2D eigenvalue weighted by molar-refractivity contribution is 8.00. The lowest BCUT2D eigenvalue weighted by Crippen LogP contribution is -2.39. The van der Waals surface area contributed by atoms with Gasteiger partial charge in [0, 0.05) is 4.90 Å². The highest BCUT2D eigenvalue weighted by atomic mass is 32.2. The average Bonchev–Trinajstić information content (AvgIpc) is 2.81. The molecule has 0 aromatic heterocycles. The summed E-state index contributed by atoms with van der Waals surface area (Å²) in [6.45, 7) is 1.59. The van der Waals surface area contributed by atoms with E-state index in [1.54, 1.807) is 11.8 Å². The van der Waals surface area contributed by atoms with Gasteiger partial charge in [0.1, 0.15) is 17.6 Å². The van der Waals surface area contributed by atoms with Crippen LogP contribution in [0, 0.1) is 0 Å². The number of ether oxygens (including phenoxy) is 3. The van der Waals surface area contributed by atoms with Crippen LogP contribution in [0.3, 0.4) is 0 Å². The summed E-state index contributed by atoms with van der Waals surface area (Å²) in [5, 5.41) is 0. The van der Waals surface area contributed by atoms with E-state index >= 15 is 0 Å². The van der Waals surface area contributed by atoms with E-state index in [0.29, 0.717) is 19.8 Å². The van der Waals surface area contributed by atoms with E-state index in [1.165, 1.54) is 4.90 Å². The van der Waals surface area contributed by atoms with Gasteiger partial charge < -0.3 is 14.2 Å². The molecular weight excluding hydrogens is 392 g/mol. The summed E-state index contributed by atoms with van der Waals surface area (Å²) < 4.78 is 18.5. The molecular formula is C26H26O3S. The molecule has 30 heavy (non-hydrogen) atoms. The first-order chi connectivity index (χ1) is 14.9. The first-order valence-corrected chi connectivity index (χ1v) is 11.1. The van der Waals surface area contributed by atoms with E-state index in [4.69, 9.17) is 14.2 Å². The fraction of sp³-hybridized carbons (Fsp3) is 0.231. The van der Waals surface area contributed by atoms with Gasteiger partial charge in [-0.25, -0.2) is 0 Å². The summed E-state index contributed by atoms with van der Waals surface area (Å²) in [4.78, 5) is 1.18. The molecule has 0 bridgehead atoms. The van der Waals surface area contributed by atoms with Crippen LogP contribution in [-0.4, -0.2) is 24.3 Å². The van der Waals surface area contributed by atoms with Crippen molar-refractivity contribution in [2.45, 2.75) is 35.8 Å². The van der Waals surface area contributed by atoms with Crippen LogP contribution in [0.4, 0.5) is 0 Å². The fourth-order valence-electron chi connectivity index (χ4n) is 3.25. The summed E-state index contributed by atoms with van der Waals surface area (Å²) in [7, 11) is 0. The van der Waals surface area contributed by atoms with Gasteiger partial charge in [-0.1, -0.05) is 96.7 Å². The molecule has 1 aliphatic heterocycles. The Morgan fingerprint density at radius 1 is 0.700 bits per heavy atom. The lowest BCUT2D eigenvalue weighted by Gasteiger charge is -2.32. The highest BCUT2D eigenvalue weighted by Gasteiger charge is 2.29. The summed E-state index contributed by atoms with van der Waals surface area (Å²) in [6, 6.07) is 30.7. The van der Waals surface area contributed by atoms with Crippen molar-refractivity contribution in [3.63, 3.8) is 0 Å². The van der Waals surface area contributed by atoms with Gasteiger partial charge in [-0.15, -0.1) is 0 Å². The Kier molecular flexibility index (Phi) is 7.75. The van der Waals surface area contributed by atoms with E-state index in [9.17, 15) is 0 Å². The van der Waals surface area contributed by atoms with Gasteiger partial charge in [0.25, 0.3) is 0 Å². The molecule has 0 spiro atoms. The predicted molar refractivity (Wildman–Crippen MR) is 121 cm³/mol. The first kappa shape index (κ1) is 20.9. The molecule has 0 aliphatic carbocycles. The van der Waals surface area contributed by atoms with Crippen molar-refractivity contribution >= 4 is 11.8 Å². The van der Waals surface area contributed by atoms with Crippen molar-refractivity contribution in [2.75, 3.05) is 6.61 Å². The molecule has 1 aliphatic rings. The third kappa shape index (κ3) is 6.31. The van der Waals surface area contributed by atoms with Gasteiger partial charge in [0.2, 0.25) is 0 Å². The van der Waals surface area contributed by atoms with Gasteiger partial charge in [-0.05, 0) is 29.3 Å². The van der Waals surface area contributed by atoms with Gasteiger partial charge in [-0.2, -0.15) is 0 Å². The zero-order valence-corrected chi connectivity index (χ0v) is 17.6. The molecule has 4 heteroatoms. The van der Waals surface area contributed by atoms with Crippen LogP contribution in [0.5, 0.6) is 0 Å². The fourth-order valence-corrected chi connectivity index (χ4v) is 4.20. The second kappa shape index (κ2) is 11.1. The number of thioether (sulfide) groups is 1. The molecule has 3 aromatic rings. The molecule has 3 aromatic carbocycles. The molecule has 0 fully saturated rings. The van der Waals surface area contributed by atoms with Gasteiger partial charge in [0.15, 0.2) is 0 Å². The lowest BCUT2D eigenvalue weighted by molar-refractivity contribution is -0.101. The maximum atomic E-state index is 6.36. The Morgan fingerprint density at radius 3 is 1.97 bits per heavy atom. The molecule has 0 radical (unpaired) electrons. The summed E-state index contributed by atoms with van der Waals surface area (Å²) >= 11 is 1.69. The number of hydrogen-bond donors (Lipinski definition) is 0. The minimum atomic E-state index is -0.163. The SMILES string of the molecule is C1=C[C@H](OCc2ccccc2)[C@@H](COCc2ccccc2)OC1Sc1ccccc1. The monoisotopic (exact) mass is 418 g/mol. The van der Waals surface area contributed by atoms with E-state index in [-0.39, 0.29) is 17.6 Å². The predicted octanol–water partition coefficient (Wildman–Crippen LogP) is 5.86. The van der Waals surface area contributed by atoms with Crippen LogP contribution >= 0.6 is 11.8 Å². The topological polar surface area (TPSA) is 27.7 Å². The quantitative estimate of drug-likeness (QED) is 0.407. The van der Waals surface area contributed by atoms with E-state index < -0.39 is 0 Å². The maximum absolute atomic E-state index is 6.36. The van der Waals surface area contributed by atoms with E-state index in [0.717, 1.165) is 11.1 Å². The molecule has 0 saturated heterocycles. The Labute approximate surface area is 182 Å². The standard InChI is InChI=1S/C26H26O3S/c1-4-10-21(11-5-1)18-27-20-25-24(28-19-22-12-6-2-7-13-22)16-17-26(29-25)30-23-14-8-3-9-15-23/h1-17,24-26H,18-20H2/t24-,25+,26?/m0/s1. The van der Waals surface area contributed by atoms with Crippen molar-refractivity contribution in [2.24, 2.45) is 0 Å². The summed E-state index contributed by atoms with van der Waals surface area (Å²) in [6.07, 6.45) is 3.89. The zero-order valence-electron chi connectivity index (χ0n) is 16.8. The Bertz CT molecular complexity index is 899. The number of rotatable bonds is 9. The molecule has 1 heterocycles. The summed E-state index contributed by atoms with van der Waals surface area (Å²) in [5.41, 5.74) is 2.24.